The summed E-state index contributed by atoms with van der Waals surface area (Å²) in [5.74, 6) is 6.15. The van der Waals surface area contributed by atoms with Gasteiger partial charge in [0.15, 0.2) is 0 Å². The van der Waals surface area contributed by atoms with Crippen LogP contribution >= 0.6 is 0 Å². The Labute approximate surface area is 234 Å². The Kier molecular flexibility index (Phi) is 7.76. The van der Waals surface area contributed by atoms with Gasteiger partial charge in [-0.15, -0.1) is 0 Å². The van der Waals surface area contributed by atoms with Crippen LogP contribution in [0.5, 0.6) is 5.75 Å². The number of unbranched alkanes of at least 4 members (excludes halogenated alkanes) is 1. The van der Waals surface area contributed by atoms with Gasteiger partial charge in [0.2, 0.25) is 5.54 Å². The van der Waals surface area contributed by atoms with Gasteiger partial charge < -0.3 is 19.9 Å². The predicted octanol–water partition coefficient (Wildman–Crippen LogP) is 2.02. The summed E-state index contributed by atoms with van der Waals surface area (Å²) in [6.45, 7) is 7.08. The molecule has 10 heteroatoms. The Balaban J connectivity index is 1.28. The second kappa shape index (κ2) is 11.4. The van der Waals surface area contributed by atoms with Gasteiger partial charge in [-0.25, -0.2) is 4.79 Å². The van der Waals surface area contributed by atoms with Gasteiger partial charge in [-0.1, -0.05) is 43.4 Å². The van der Waals surface area contributed by atoms with Crippen LogP contribution < -0.4 is 15.4 Å². The number of methoxy groups -OCH3 is 1. The van der Waals surface area contributed by atoms with E-state index in [2.05, 4.69) is 39.2 Å². The van der Waals surface area contributed by atoms with Crippen molar-refractivity contribution in [3.63, 3.8) is 0 Å². The van der Waals surface area contributed by atoms with Crippen molar-refractivity contribution < 1.29 is 19.1 Å². The molecule has 2 aromatic rings. The third kappa shape index (κ3) is 5.51. The number of carbonyl (C=O) groups excluding carboxylic acids is 3. The van der Waals surface area contributed by atoms with E-state index in [-0.39, 0.29) is 12.5 Å². The standard InChI is InChI=1S/C30H34N6O4/c1-3-4-13-34-14-16-35(17-15-34)26(31)22-7-5-21(6-8-22)11-12-30(28(38)32-29(39)33-30)20-36-19-23-9-10-24(40-2)18-25(23)27(36)37/h5-10,18,31H,3-4,13-17,19-20H2,1-2H3,(H2,32,33,38,39)/t30-/m1/s1. The molecule has 5 rings (SSSR count). The lowest BCUT2D eigenvalue weighted by Crippen LogP contribution is -2.54. The van der Waals surface area contributed by atoms with Gasteiger partial charge in [0.1, 0.15) is 11.6 Å². The van der Waals surface area contributed by atoms with Crippen molar-refractivity contribution >= 4 is 23.7 Å². The fraction of sp³-hybridized carbons (Fsp3) is 0.400. The fourth-order valence-corrected chi connectivity index (χ4v) is 5.26. The number of piperazine rings is 1. The van der Waals surface area contributed by atoms with Crippen LogP contribution in [-0.4, -0.2) is 90.3 Å². The van der Waals surface area contributed by atoms with Crippen molar-refractivity contribution in [3.05, 3.63) is 64.7 Å². The highest BCUT2D eigenvalue weighted by atomic mass is 16.5. The van der Waals surface area contributed by atoms with Crippen LogP contribution in [-0.2, 0) is 11.3 Å². The van der Waals surface area contributed by atoms with E-state index in [0.29, 0.717) is 29.3 Å². The molecule has 3 aliphatic rings. The summed E-state index contributed by atoms with van der Waals surface area (Å²) >= 11 is 0. The first-order valence-electron chi connectivity index (χ1n) is 13.6. The average molecular weight is 543 g/mol. The second-order valence-corrected chi connectivity index (χ2v) is 10.4. The van der Waals surface area contributed by atoms with Gasteiger partial charge in [-0.05, 0) is 42.8 Å². The third-order valence-corrected chi connectivity index (χ3v) is 7.66. The Morgan fingerprint density at radius 3 is 2.48 bits per heavy atom. The SMILES string of the molecule is CCCCN1CCN(C(=N)c2ccc(C#C[C@]3(CN4Cc5ccc(OC)cc5C4=O)NC(=O)NC3=O)cc2)CC1. The lowest BCUT2D eigenvalue weighted by molar-refractivity contribution is -0.122. The number of fused-ring (bicyclic) bond motifs is 1. The molecule has 3 N–H and O–H groups in total. The summed E-state index contributed by atoms with van der Waals surface area (Å²) in [4.78, 5) is 44.2. The van der Waals surface area contributed by atoms with Crippen LogP contribution in [0.15, 0.2) is 42.5 Å². The number of ether oxygens (including phenoxy) is 1. The second-order valence-electron chi connectivity index (χ2n) is 10.4. The topological polar surface area (TPSA) is 118 Å². The van der Waals surface area contributed by atoms with E-state index in [9.17, 15) is 14.4 Å². The number of nitrogens with one attached hydrogen (secondary N) is 3. The molecular formula is C30H34N6O4. The Hall–Kier alpha value is -4.36. The van der Waals surface area contributed by atoms with Crippen molar-refractivity contribution in [1.82, 2.24) is 25.3 Å². The van der Waals surface area contributed by atoms with Gasteiger partial charge in [-0.3, -0.25) is 25.2 Å². The van der Waals surface area contributed by atoms with Crippen LogP contribution in [0.25, 0.3) is 0 Å². The zero-order valence-corrected chi connectivity index (χ0v) is 22.9. The van der Waals surface area contributed by atoms with Crippen molar-refractivity contribution in [2.45, 2.75) is 31.8 Å². The number of hydrogen-bond donors (Lipinski definition) is 3. The maximum absolute atomic E-state index is 13.1. The number of urea groups is 1. The lowest BCUT2D eigenvalue weighted by Gasteiger charge is -2.36. The van der Waals surface area contributed by atoms with E-state index >= 15 is 0 Å². The zero-order chi connectivity index (χ0) is 28.3. The van der Waals surface area contributed by atoms with Gasteiger partial charge in [0, 0.05) is 49.4 Å². The van der Waals surface area contributed by atoms with E-state index < -0.39 is 17.5 Å². The van der Waals surface area contributed by atoms with E-state index in [4.69, 9.17) is 10.1 Å². The molecule has 0 spiro atoms. The normalized spacial score (nSPS) is 20.5. The van der Waals surface area contributed by atoms with Gasteiger partial charge in [0.25, 0.3) is 11.8 Å². The summed E-state index contributed by atoms with van der Waals surface area (Å²) in [6.07, 6.45) is 2.38. The average Bonchev–Trinajstić information content (AvgIpc) is 3.44. The van der Waals surface area contributed by atoms with Gasteiger partial charge >= 0.3 is 6.03 Å². The lowest BCUT2D eigenvalue weighted by atomic mass is 9.99. The first-order chi connectivity index (χ1) is 19.3. The third-order valence-electron chi connectivity index (χ3n) is 7.66. The Morgan fingerprint density at radius 1 is 1.07 bits per heavy atom. The molecule has 2 fully saturated rings. The molecule has 0 aliphatic carbocycles. The molecule has 2 saturated heterocycles. The van der Waals surface area contributed by atoms with E-state index in [0.717, 1.165) is 43.9 Å². The van der Waals surface area contributed by atoms with Crippen molar-refractivity contribution in [2.24, 2.45) is 0 Å². The van der Waals surface area contributed by atoms with Gasteiger partial charge in [0.05, 0.1) is 13.7 Å². The maximum atomic E-state index is 13.1. The minimum Gasteiger partial charge on any atom is -0.497 e. The number of amidine groups is 1. The number of benzene rings is 2. The summed E-state index contributed by atoms with van der Waals surface area (Å²) in [5, 5.41) is 13.6. The molecule has 2 aromatic carbocycles. The molecule has 0 saturated carbocycles. The number of amides is 4. The fourth-order valence-electron chi connectivity index (χ4n) is 5.26. The van der Waals surface area contributed by atoms with Crippen LogP contribution in [0.1, 0.15) is 46.8 Å². The quantitative estimate of drug-likeness (QED) is 0.213. The molecule has 40 heavy (non-hydrogen) atoms. The highest BCUT2D eigenvalue weighted by molar-refractivity contribution is 6.10. The molecule has 0 unspecified atom stereocenters. The number of imide groups is 1. The molecule has 3 heterocycles. The van der Waals surface area contributed by atoms with Crippen molar-refractivity contribution in [1.29, 1.82) is 5.41 Å². The first-order valence-corrected chi connectivity index (χ1v) is 13.6. The predicted molar refractivity (Wildman–Crippen MR) is 150 cm³/mol. The molecule has 0 bridgehead atoms. The summed E-state index contributed by atoms with van der Waals surface area (Å²) < 4.78 is 5.24. The molecule has 4 amide bonds. The minimum absolute atomic E-state index is 0.0969. The smallest absolute Gasteiger partial charge is 0.323 e. The molecule has 10 nitrogen and oxygen atoms in total. The van der Waals surface area contributed by atoms with Crippen LogP contribution in [0, 0.1) is 17.3 Å². The van der Waals surface area contributed by atoms with Crippen LogP contribution in [0.2, 0.25) is 0 Å². The minimum atomic E-state index is -1.58. The van der Waals surface area contributed by atoms with Crippen LogP contribution in [0.4, 0.5) is 4.79 Å². The maximum Gasteiger partial charge on any atom is 0.323 e. The monoisotopic (exact) mass is 542 g/mol. The number of hydrogen-bond acceptors (Lipinski definition) is 6. The highest BCUT2D eigenvalue weighted by Gasteiger charge is 2.48. The number of carbonyl (C=O) groups is 3. The van der Waals surface area contributed by atoms with Crippen LogP contribution in [0.3, 0.4) is 0 Å². The number of nitrogens with zero attached hydrogens (tertiary/aromatic N) is 3. The van der Waals surface area contributed by atoms with E-state index in [1.807, 2.05) is 18.2 Å². The molecule has 3 aliphatic heterocycles. The van der Waals surface area contributed by atoms with Crippen molar-refractivity contribution in [2.75, 3.05) is 46.4 Å². The van der Waals surface area contributed by atoms with Crippen molar-refractivity contribution in [3.8, 4) is 17.6 Å². The molecule has 0 radical (unpaired) electrons. The van der Waals surface area contributed by atoms with E-state index in [1.54, 1.807) is 24.3 Å². The summed E-state index contributed by atoms with van der Waals surface area (Å²) in [6, 6.07) is 11.9. The molecule has 1 atom stereocenters. The molecule has 0 aromatic heterocycles. The van der Waals surface area contributed by atoms with E-state index in [1.165, 1.54) is 24.9 Å². The summed E-state index contributed by atoms with van der Waals surface area (Å²) in [5.41, 5.74) is 1.17. The Bertz CT molecular complexity index is 1390. The molecular weight excluding hydrogens is 508 g/mol. The number of rotatable bonds is 7. The zero-order valence-electron chi connectivity index (χ0n) is 22.9. The molecule has 208 valence electrons. The highest BCUT2D eigenvalue weighted by Crippen LogP contribution is 2.28. The first kappa shape index (κ1) is 27.2. The largest absolute Gasteiger partial charge is 0.497 e. The van der Waals surface area contributed by atoms with Gasteiger partial charge in [-0.2, -0.15) is 0 Å². The Morgan fingerprint density at radius 2 is 1.82 bits per heavy atom. The summed E-state index contributed by atoms with van der Waals surface area (Å²) in [7, 11) is 1.53.